The lowest BCUT2D eigenvalue weighted by Gasteiger charge is -2.09. The number of benzene rings is 2. The Labute approximate surface area is 167 Å². The third-order valence-corrected chi connectivity index (χ3v) is 4.21. The van der Waals surface area contributed by atoms with Crippen LogP contribution < -0.4 is 15.4 Å². The van der Waals surface area contributed by atoms with Crippen molar-refractivity contribution in [3.63, 3.8) is 0 Å². The van der Waals surface area contributed by atoms with Crippen LogP contribution in [0, 0.1) is 13.8 Å². The van der Waals surface area contributed by atoms with Crippen LogP contribution in [0.15, 0.2) is 59.0 Å². The van der Waals surface area contributed by atoms with Gasteiger partial charge in [-0.1, -0.05) is 23.7 Å². The fraction of sp³-hybridized carbons (Fsp3) is 0.143. The van der Waals surface area contributed by atoms with E-state index >= 15 is 0 Å². The number of amides is 2. The molecule has 1 heterocycles. The number of hydrogen-bond donors (Lipinski definition) is 2. The summed E-state index contributed by atoms with van der Waals surface area (Å²) in [6, 6.07) is 15.6. The molecule has 1 aromatic heterocycles. The molecule has 3 aromatic rings. The van der Waals surface area contributed by atoms with Gasteiger partial charge < -0.3 is 19.8 Å². The van der Waals surface area contributed by atoms with Gasteiger partial charge in [-0.25, -0.2) is 0 Å². The van der Waals surface area contributed by atoms with Gasteiger partial charge in [-0.3, -0.25) is 9.59 Å². The Hall–Kier alpha value is -3.25. The summed E-state index contributed by atoms with van der Waals surface area (Å²) < 4.78 is 11.0. The molecule has 0 unspecified atom stereocenters. The zero-order valence-corrected chi connectivity index (χ0v) is 16.2. The highest BCUT2D eigenvalue weighted by atomic mass is 35.5. The van der Waals surface area contributed by atoms with Crippen LogP contribution in [0.25, 0.3) is 0 Å². The van der Waals surface area contributed by atoms with Crippen LogP contribution in [0.2, 0.25) is 5.02 Å². The van der Waals surface area contributed by atoms with Crippen LogP contribution in [0.1, 0.15) is 21.9 Å². The van der Waals surface area contributed by atoms with Crippen molar-refractivity contribution >= 4 is 29.1 Å². The third kappa shape index (κ3) is 4.92. The molecule has 0 aliphatic carbocycles. The summed E-state index contributed by atoms with van der Waals surface area (Å²) >= 11 is 6.07. The largest absolute Gasteiger partial charge is 0.466 e. The first-order valence-electron chi connectivity index (χ1n) is 8.60. The van der Waals surface area contributed by atoms with Crippen molar-refractivity contribution in [2.75, 3.05) is 11.9 Å². The van der Waals surface area contributed by atoms with Gasteiger partial charge in [0, 0.05) is 5.69 Å². The molecule has 0 bridgehead atoms. The highest BCUT2D eigenvalue weighted by Crippen LogP contribution is 2.29. The van der Waals surface area contributed by atoms with E-state index in [4.69, 9.17) is 20.8 Å². The minimum atomic E-state index is -0.354. The van der Waals surface area contributed by atoms with Crippen LogP contribution in [0.4, 0.5) is 5.69 Å². The molecule has 0 aliphatic heterocycles. The van der Waals surface area contributed by atoms with E-state index in [1.54, 1.807) is 56.3 Å². The monoisotopic (exact) mass is 398 g/mol. The predicted octanol–water partition coefficient (Wildman–Crippen LogP) is 4.71. The number of rotatable bonds is 6. The molecule has 3 rings (SSSR count). The van der Waals surface area contributed by atoms with E-state index in [9.17, 15) is 9.59 Å². The van der Waals surface area contributed by atoms with Gasteiger partial charge in [0.1, 0.15) is 23.0 Å². The summed E-state index contributed by atoms with van der Waals surface area (Å²) in [7, 11) is 0. The number of para-hydroxylation sites is 1. The molecular weight excluding hydrogens is 380 g/mol. The van der Waals surface area contributed by atoms with Crippen LogP contribution in [0.5, 0.6) is 11.5 Å². The number of furan rings is 1. The van der Waals surface area contributed by atoms with E-state index in [1.807, 2.05) is 12.1 Å². The van der Waals surface area contributed by atoms with Gasteiger partial charge in [-0.05, 0) is 56.3 Å². The Balaban J connectivity index is 1.52. The standard InChI is InChI=1S/C21H19ClN2O4/c1-13-11-17(14(2)27-13)21(26)23-12-20(25)24-15-7-9-16(10-8-15)28-19-6-4-3-5-18(19)22/h3-11H,12H2,1-2H3,(H,23,26)(H,24,25). The number of aryl methyl sites for hydroxylation is 2. The highest BCUT2D eigenvalue weighted by Gasteiger charge is 2.14. The maximum absolute atomic E-state index is 12.1. The smallest absolute Gasteiger partial charge is 0.255 e. The molecule has 6 nitrogen and oxygen atoms in total. The molecule has 144 valence electrons. The van der Waals surface area contributed by atoms with Crippen molar-refractivity contribution in [1.82, 2.24) is 5.32 Å². The molecule has 0 atom stereocenters. The van der Waals surface area contributed by atoms with E-state index in [2.05, 4.69) is 10.6 Å². The maximum Gasteiger partial charge on any atom is 0.255 e. The minimum Gasteiger partial charge on any atom is -0.466 e. The molecule has 0 aliphatic rings. The molecule has 2 N–H and O–H groups in total. The van der Waals surface area contributed by atoms with Gasteiger partial charge in [0.25, 0.3) is 5.91 Å². The molecule has 0 fully saturated rings. The van der Waals surface area contributed by atoms with Crippen molar-refractivity contribution in [1.29, 1.82) is 0 Å². The van der Waals surface area contributed by atoms with E-state index in [1.165, 1.54) is 0 Å². The van der Waals surface area contributed by atoms with E-state index in [0.29, 0.717) is 39.3 Å². The van der Waals surface area contributed by atoms with Crippen molar-refractivity contribution in [2.24, 2.45) is 0 Å². The van der Waals surface area contributed by atoms with Crippen molar-refractivity contribution in [3.05, 3.63) is 76.7 Å². The van der Waals surface area contributed by atoms with E-state index in [-0.39, 0.29) is 18.4 Å². The second-order valence-corrected chi connectivity index (χ2v) is 6.52. The Morgan fingerprint density at radius 2 is 1.79 bits per heavy atom. The summed E-state index contributed by atoms with van der Waals surface area (Å²) in [5.74, 6) is 1.60. The number of halogens is 1. The minimum absolute atomic E-state index is 0.152. The first-order valence-corrected chi connectivity index (χ1v) is 8.97. The first-order chi connectivity index (χ1) is 13.4. The summed E-state index contributed by atoms with van der Waals surface area (Å²) in [4.78, 5) is 24.2. The molecule has 0 saturated carbocycles. The van der Waals surface area contributed by atoms with Crippen molar-refractivity contribution < 1.29 is 18.7 Å². The molecule has 7 heteroatoms. The zero-order valence-electron chi connectivity index (χ0n) is 15.4. The van der Waals surface area contributed by atoms with Crippen LogP contribution in [-0.4, -0.2) is 18.4 Å². The normalized spacial score (nSPS) is 10.4. The SMILES string of the molecule is Cc1cc(C(=O)NCC(=O)Nc2ccc(Oc3ccccc3Cl)cc2)c(C)o1. The van der Waals surface area contributed by atoms with Crippen molar-refractivity contribution in [2.45, 2.75) is 13.8 Å². The molecule has 28 heavy (non-hydrogen) atoms. The third-order valence-electron chi connectivity index (χ3n) is 3.90. The number of carbonyl (C=O) groups excluding carboxylic acids is 2. The fourth-order valence-corrected chi connectivity index (χ4v) is 2.75. The lowest BCUT2D eigenvalue weighted by Crippen LogP contribution is -2.32. The number of hydrogen-bond acceptors (Lipinski definition) is 4. The van der Waals surface area contributed by atoms with Gasteiger partial charge in [-0.15, -0.1) is 0 Å². The molecule has 2 amide bonds. The molecule has 0 radical (unpaired) electrons. The lowest BCUT2D eigenvalue weighted by molar-refractivity contribution is -0.115. The second-order valence-electron chi connectivity index (χ2n) is 6.11. The Morgan fingerprint density at radius 3 is 2.43 bits per heavy atom. The summed E-state index contributed by atoms with van der Waals surface area (Å²) in [5, 5.41) is 5.80. The molecule has 2 aromatic carbocycles. The van der Waals surface area contributed by atoms with Gasteiger partial charge in [-0.2, -0.15) is 0 Å². The molecule has 0 saturated heterocycles. The predicted molar refractivity (Wildman–Crippen MR) is 107 cm³/mol. The fourth-order valence-electron chi connectivity index (χ4n) is 2.58. The topological polar surface area (TPSA) is 80.6 Å². The van der Waals surface area contributed by atoms with Crippen LogP contribution in [-0.2, 0) is 4.79 Å². The maximum atomic E-state index is 12.1. The zero-order chi connectivity index (χ0) is 20.1. The lowest BCUT2D eigenvalue weighted by atomic mass is 10.2. The number of ether oxygens (including phenoxy) is 1. The van der Waals surface area contributed by atoms with Gasteiger partial charge in [0.2, 0.25) is 5.91 Å². The van der Waals surface area contributed by atoms with E-state index < -0.39 is 0 Å². The van der Waals surface area contributed by atoms with Gasteiger partial charge >= 0.3 is 0 Å². The van der Waals surface area contributed by atoms with Crippen LogP contribution in [0.3, 0.4) is 0 Å². The van der Waals surface area contributed by atoms with Gasteiger partial charge in [0.05, 0.1) is 17.1 Å². The number of nitrogens with one attached hydrogen (secondary N) is 2. The number of carbonyl (C=O) groups is 2. The molecular formula is C21H19ClN2O4. The first kappa shape index (κ1) is 19.5. The second kappa shape index (κ2) is 8.63. The number of anilines is 1. The Kier molecular flexibility index (Phi) is 6.01. The Bertz CT molecular complexity index is 996. The van der Waals surface area contributed by atoms with Gasteiger partial charge in [0.15, 0.2) is 0 Å². The van der Waals surface area contributed by atoms with E-state index in [0.717, 1.165) is 0 Å². The summed E-state index contributed by atoms with van der Waals surface area (Å²) in [5.41, 5.74) is 1.01. The summed E-state index contributed by atoms with van der Waals surface area (Å²) in [6.07, 6.45) is 0. The Morgan fingerprint density at radius 1 is 1.07 bits per heavy atom. The summed E-state index contributed by atoms with van der Waals surface area (Å²) in [6.45, 7) is 3.31. The van der Waals surface area contributed by atoms with Crippen molar-refractivity contribution in [3.8, 4) is 11.5 Å². The highest BCUT2D eigenvalue weighted by molar-refractivity contribution is 6.32. The average molecular weight is 399 g/mol. The average Bonchev–Trinajstić information content (AvgIpc) is 3.01. The quantitative estimate of drug-likeness (QED) is 0.630. The van der Waals surface area contributed by atoms with Crippen LogP contribution >= 0.6 is 11.6 Å². The molecule has 0 spiro atoms.